The summed E-state index contributed by atoms with van der Waals surface area (Å²) >= 11 is 3.53. The molecule has 2 N–H and O–H groups in total. The Kier molecular flexibility index (Phi) is 9.08. The summed E-state index contributed by atoms with van der Waals surface area (Å²) in [6.45, 7) is 5.06. The predicted octanol–water partition coefficient (Wildman–Crippen LogP) is 4.73. The molecule has 3 rings (SSSR count). The van der Waals surface area contributed by atoms with E-state index in [-0.39, 0.29) is 6.04 Å². The van der Waals surface area contributed by atoms with Crippen LogP contribution in [0.4, 0.5) is 0 Å². The molecule has 1 unspecified atom stereocenters. The fourth-order valence-electron chi connectivity index (χ4n) is 3.23. The number of fused-ring (bicyclic) bond motifs is 1. The summed E-state index contributed by atoms with van der Waals surface area (Å²) in [5.74, 6) is 1.06. The van der Waals surface area contributed by atoms with Crippen LogP contribution >= 0.6 is 15.9 Å². The first-order chi connectivity index (χ1) is 15.5. The molecule has 0 saturated heterocycles. The van der Waals surface area contributed by atoms with Gasteiger partial charge < -0.3 is 15.0 Å². The molecule has 6 nitrogen and oxygen atoms in total. The van der Waals surface area contributed by atoms with Gasteiger partial charge in [0.25, 0.3) is 0 Å². The SMILES string of the molecule is C=CCC(N=CC(=CN)c1ncnc2c1ccn2COCC[S+](C)C)c1cccc(Br)c1. The fraction of sp³-hybridized carbons (Fsp3) is 0.292. The van der Waals surface area contributed by atoms with Crippen molar-refractivity contribution in [1.29, 1.82) is 0 Å². The maximum Gasteiger partial charge on any atom is 0.145 e. The van der Waals surface area contributed by atoms with Crippen LogP contribution in [0.25, 0.3) is 16.6 Å². The van der Waals surface area contributed by atoms with Crippen molar-refractivity contribution in [3.05, 3.63) is 77.4 Å². The first kappa shape index (κ1) is 24.2. The smallest absolute Gasteiger partial charge is 0.145 e. The summed E-state index contributed by atoms with van der Waals surface area (Å²) in [6.07, 6.45) is 13.9. The number of nitrogens with zero attached hydrogens (tertiary/aromatic N) is 4. The molecule has 0 radical (unpaired) electrons. The minimum atomic E-state index is -0.0584. The molecule has 2 aromatic heterocycles. The third-order valence-corrected chi connectivity index (χ3v) is 6.37. The lowest BCUT2D eigenvalue weighted by molar-refractivity contribution is 0.0924. The highest BCUT2D eigenvalue weighted by atomic mass is 79.9. The van der Waals surface area contributed by atoms with E-state index in [9.17, 15) is 0 Å². The first-order valence-electron chi connectivity index (χ1n) is 10.3. The van der Waals surface area contributed by atoms with E-state index in [1.54, 1.807) is 12.5 Å². The zero-order chi connectivity index (χ0) is 22.9. The lowest BCUT2D eigenvalue weighted by atomic mass is 10.0. The average molecular weight is 516 g/mol. The van der Waals surface area contributed by atoms with Crippen LogP contribution in [-0.2, 0) is 22.4 Å². The van der Waals surface area contributed by atoms with Crippen LogP contribution in [0.1, 0.15) is 23.7 Å². The standard InChI is InChI=1S/C24H29BrN5OS/c1-4-6-22(18-7-5-8-20(25)13-18)27-15-19(14-26)23-21-9-10-30(24(21)29-16-28-23)17-31-11-12-32(2)3/h4-5,7-10,13-16,22H,1,6,11-12,17,26H2,2-3H3/q+1. The summed E-state index contributed by atoms with van der Waals surface area (Å²) in [7, 11) is 0.370. The molecule has 0 saturated carbocycles. The highest BCUT2D eigenvalue weighted by molar-refractivity contribution is 9.10. The van der Waals surface area contributed by atoms with E-state index in [1.165, 1.54) is 6.20 Å². The number of aliphatic imine (C=N–C) groups is 1. The van der Waals surface area contributed by atoms with Gasteiger partial charge >= 0.3 is 0 Å². The largest absolute Gasteiger partial charge is 0.404 e. The quantitative estimate of drug-likeness (QED) is 0.173. The molecule has 0 bridgehead atoms. The van der Waals surface area contributed by atoms with Gasteiger partial charge in [-0.3, -0.25) is 4.99 Å². The van der Waals surface area contributed by atoms with Crippen LogP contribution in [0, 0.1) is 0 Å². The van der Waals surface area contributed by atoms with Crippen molar-refractivity contribution >= 4 is 49.6 Å². The minimum absolute atomic E-state index is 0.0584. The second-order valence-electron chi connectivity index (χ2n) is 7.47. The van der Waals surface area contributed by atoms with Gasteiger partial charge in [0.15, 0.2) is 0 Å². The van der Waals surface area contributed by atoms with Crippen molar-refractivity contribution in [1.82, 2.24) is 14.5 Å². The number of benzene rings is 1. The number of aromatic nitrogens is 3. The molecule has 168 valence electrons. The van der Waals surface area contributed by atoms with Crippen LogP contribution in [0.3, 0.4) is 0 Å². The van der Waals surface area contributed by atoms with E-state index in [0.29, 0.717) is 24.0 Å². The van der Waals surface area contributed by atoms with Crippen LogP contribution in [-0.4, -0.2) is 45.6 Å². The van der Waals surface area contributed by atoms with Gasteiger partial charge in [-0.05, 0) is 41.1 Å². The molecular weight excluding hydrogens is 486 g/mol. The molecule has 0 fully saturated rings. The monoisotopic (exact) mass is 514 g/mol. The molecule has 0 amide bonds. The van der Waals surface area contributed by atoms with E-state index in [2.05, 4.69) is 57.1 Å². The Morgan fingerprint density at radius 3 is 2.91 bits per heavy atom. The molecule has 1 atom stereocenters. The number of rotatable bonds is 11. The van der Waals surface area contributed by atoms with E-state index in [0.717, 1.165) is 44.7 Å². The summed E-state index contributed by atoms with van der Waals surface area (Å²) < 4.78 is 8.82. The summed E-state index contributed by atoms with van der Waals surface area (Å²) in [6, 6.07) is 10.1. The highest BCUT2D eigenvalue weighted by Crippen LogP contribution is 2.26. The number of nitrogens with two attached hydrogens (primary N) is 1. The van der Waals surface area contributed by atoms with Crippen molar-refractivity contribution < 1.29 is 4.74 Å². The Bertz CT molecular complexity index is 1110. The second-order valence-corrected chi connectivity index (χ2v) is 10.8. The van der Waals surface area contributed by atoms with Crippen LogP contribution in [0.15, 0.2) is 71.2 Å². The van der Waals surface area contributed by atoms with Gasteiger partial charge in [-0.1, -0.05) is 34.1 Å². The van der Waals surface area contributed by atoms with Crippen LogP contribution < -0.4 is 5.73 Å². The lowest BCUT2D eigenvalue weighted by Gasteiger charge is -2.12. The molecule has 32 heavy (non-hydrogen) atoms. The summed E-state index contributed by atoms with van der Waals surface area (Å²) in [4.78, 5) is 13.8. The fourth-order valence-corrected chi connectivity index (χ4v) is 4.10. The average Bonchev–Trinajstić information content (AvgIpc) is 3.20. The third kappa shape index (κ3) is 6.31. The summed E-state index contributed by atoms with van der Waals surface area (Å²) in [5, 5.41) is 0.910. The lowest BCUT2D eigenvalue weighted by Crippen LogP contribution is -2.11. The molecule has 2 heterocycles. The van der Waals surface area contributed by atoms with Crippen LogP contribution in [0.2, 0.25) is 0 Å². The number of halogens is 1. The number of ether oxygens (including phenoxy) is 1. The van der Waals surface area contributed by atoms with Gasteiger partial charge in [-0.25, -0.2) is 9.97 Å². The molecule has 0 aliphatic heterocycles. The predicted molar refractivity (Wildman–Crippen MR) is 140 cm³/mol. The van der Waals surface area contributed by atoms with Crippen molar-refractivity contribution in [3.8, 4) is 0 Å². The maximum atomic E-state index is 5.98. The highest BCUT2D eigenvalue weighted by Gasteiger charge is 2.13. The zero-order valence-electron chi connectivity index (χ0n) is 18.4. The summed E-state index contributed by atoms with van der Waals surface area (Å²) in [5.41, 5.74) is 9.37. The first-order valence-corrected chi connectivity index (χ1v) is 13.3. The van der Waals surface area contributed by atoms with Gasteiger partial charge in [0.1, 0.15) is 24.5 Å². The van der Waals surface area contributed by atoms with E-state index < -0.39 is 0 Å². The minimum Gasteiger partial charge on any atom is -0.404 e. The topological polar surface area (TPSA) is 78.3 Å². The van der Waals surface area contributed by atoms with Crippen molar-refractivity contribution in [2.75, 3.05) is 24.9 Å². The zero-order valence-corrected chi connectivity index (χ0v) is 20.8. The Labute approximate surface area is 200 Å². The molecule has 1 aromatic carbocycles. The number of hydrogen-bond donors (Lipinski definition) is 1. The van der Waals surface area contributed by atoms with E-state index in [4.69, 9.17) is 15.5 Å². The molecule has 0 aliphatic rings. The van der Waals surface area contributed by atoms with Gasteiger partial charge in [0.05, 0.1) is 30.9 Å². The second kappa shape index (κ2) is 12.0. The van der Waals surface area contributed by atoms with Gasteiger partial charge in [-0.15, -0.1) is 6.58 Å². The Hall–Kier alpha value is -2.42. The van der Waals surface area contributed by atoms with Gasteiger partial charge in [-0.2, -0.15) is 0 Å². The van der Waals surface area contributed by atoms with E-state index >= 15 is 0 Å². The van der Waals surface area contributed by atoms with Crippen LogP contribution in [0.5, 0.6) is 0 Å². The normalized spacial score (nSPS) is 13.3. The Balaban J connectivity index is 1.83. The number of hydrogen-bond acceptors (Lipinski definition) is 5. The van der Waals surface area contributed by atoms with Gasteiger partial charge in [0.2, 0.25) is 0 Å². The number of allylic oxidation sites excluding steroid dienone is 1. The van der Waals surface area contributed by atoms with Gasteiger partial charge in [0, 0.05) is 34.0 Å². The Morgan fingerprint density at radius 2 is 2.19 bits per heavy atom. The maximum absolute atomic E-state index is 5.98. The molecule has 8 heteroatoms. The van der Waals surface area contributed by atoms with E-state index in [1.807, 2.05) is 35.0 Å². The molecular formula is C24H29BrN5OS+. The molecule has 0 spiro atoms. The Morgan fingerprint density at radius 1 is 1.34 bits per heavy atom. The van der Waals surface area contributed by atoms with Crippen molar-refractivity contribution in [2.24, 2.45) is 10.7 Å². The molecule has 0 aliphatic carbocycles. The van der Waals surface area contributed by atoms with Crippen molar-refractivity contribution in [2.45, 2.75) is 19.2 Å². The third-order valence-electron chi connectivity index (χ3n) is 4.89. The molecule has 3 aromatic rings. The van der Waals surface area contributed by atoms with Crippen molar-refractivity contribution in [3.63, 3.8) is 0 Å².